The number of aliphatic carboxylic acids is 1. The van der Waals surface area contributed by atoms with Gasteiger partial charge in [-0.3, -0.25) is 0 Å². The summed E-state index contributed by atoms with van der Waals surface area (Å²) in [6.45, 7) is 0. The van der Waals surface area contributed by atoms with Crippen LogP contribution in [-0.4, -0.2) is 22.2 Å². The number of carboxylic acid groups (broad SMARTS) is 1. The molecule has 8 heteroatoms. The van der Waals surface area contributed by atoms with E-state index in [9.17, 15) is 18.0 Å². The van der Waals surface area contributed by atoms with Crippen LogP contribution in [-0.2, 0) is 11.0 Å². The van der Waals surface area contributed by atoms with Crippen LogP contribution in [0.25, 0.3) is 0 Å². The molecule has 0 bridgehead atoms. The number of hydrogen-bond acceptors (Lipinski definition) is 4. The van der Waals surface area contributed by atoms with Crippen molar-refractivity contribution in [3.05, 3.63) is 41.2 Å². The third kappa shape index (κ3) is 3.46. The van der Waals surface area contributed by atoms with Crippen molar-refractivity contribution < 1.29 is 23.1 Å². The van der Waals surface area contributed by atoms with E-state index in [0.29, 0.717) is 0 Å². The van der Waals surface area contributed by atoms with E-state index < -0.39 is 17.7 Å². The van der Waals surface area contributed by atoms with Crippen LogP contribution in [0, 0.1) is 0 Å². The lowest BCUT2D eigenvalue weighted by atomic mass is 10.1. The predicted octanol–water partition coefficient (Wildman–Crippen LogP) is 3.26. The number of nitrogens with one attached hydrogen (secondary N) is 1. The molecule has 0 aliphatic carbocycles. The molecule has 1 aromatic rings. The number of alkyl halides is 3. The normalized spacial score (nSPS) is 15.3. The zero-order valence-electron chi connectivity index (χ0n) is 10.4. The van der Waals surface area contributed by atoms with Crippen molar-refractivity contribution in [1.29, 1.82) is 0 Å². The van der Waals surface area contributed by atoms with Gasteiger partial charge in [-0.05, 0) is 18.2 Å². The summed E-state index contributed by atoms with van der Waals surface area (Å²) < 4.78 is 37.9. The minimum atomic E-state index is -4.48. The lowest BCUT2D eigenvalue weighted by molar-refractivity contribution is -0.137. The summed E-state index contributed by atoms with van der Waals surface area (Å²) in [4.78, 5) is 15.2. The fourth-order valence-corrected chi connectivity index (χ4v) is 2.00. The van der Waals surface area contributed by atoms with E-state index >= 15 is 0 Å². The molecular formula is C13H9F3N2O2S. The Labute approximate surface area is 123 Å². The lowest BCUT2D eigenvalue weighted by Gasteiger charge is -2.15. The van der Waals surface area contributed by atoms with Crippen molar-refractivity contribution in [1.82, 2.24) is 0 Å². The first-order chi connectivity index (χ1) is 9.79. The summed E-state index contributed by atoms with van der Waals surface area (Å²) in [7, 11) is 0. The van der Waals surface area contributed by atoms with E-state index in [0.717, 1.165) is 12.1 Å². The molecule has 1 aromatic carbocycles. The maximum Gasteiger partial charge on any atom is 0.416 e. The number of carboxylic acids is 1. The molecule has 0 spiro atoms. The first-order valence-electron chi connectivity index (χ1n) is 5.76. The Hall–Kier alpha value is -2.22. The molecular weight excluding hydrogens is 305 g/mol. The van der Waals surface area contributed by atoms with E-state index in [2.05, 4.69) is 10.3 Å². The van der Waals surface area contributed by atoms with Crippen molar-refractivity contribution in [3.8, 4) is 0 Å². The fraction of sp³-hybridized carbons (Fsp3) is 0.154. The molecule has 0 atom stereocenters. The van der Waals surface area contributed by atoms with Crippen molar-refractivity contribution in [2.24, 2.45) is 4.99 Å². The smallest absolute Gasteiger partial charge is 0.416 e. The molecule has 1 aliphatic heterocycles. The Morgan fingerprint density at radius 1 is 1.38 bits per heavy atom. The van der Waals surface area contributed by atoms with Crippen LogP contribution in [0.3, 0.4) is 0 Å². The van der Waals surface area contributed by atoms with E-state index in [4.69, 9.17) is 17.3 Å². The van der Waals surface area contributed by atoms with E-state index in [1.165, 1.54) is 18.3 Å². The first-order valence-corrected chi connectivity index (χ1v) is 6.17. The highest BCUT2D eigenvalue weighted by Gasteiger charge is 2.30. The van der Waals surface area contributed by atoms with Crippen LogP contribution in [0.15, 0.2) is 40.7 Å². The van der Waals surface area contributed by atoms with Crippen LogP contribution in [0.2, 0.25) is 0 Å². The maximum absolute atomic E-state index is 12.6. The molecule has 0 radical (unpaired) electrons. The molecule has 1 heterocycles. The number of rotatable bonds is 3. The van der Waals surface area contributed by atoms with E-state index in [1.54, 1.807) is 0 Å². The summed E-state index contributed by atoms with van der Waals surface area (Å²) in [5, 5.41) is 11.7. The summed E-state index contributed by atoms with van der Waals surface area (Å²) in [6, 6.07) is 4.40. The third-order valence-electron chi connectivity index (χ3n) is 2.68. The second-order valence-electron chi connectivity index (χ2n) is 4.17. The fourth-order valence-electron chi connectivity index (χ4n) is 1.74. The number of thiocarbonyl (C=S) groups is 1. The van der Waals surface area contributed by atoms with E-state index in [1.807, 2.05) is 0 Å². The van der Waals surface area contributed by atoms with Crippen molar-refractivity contribution >= 4 is 35.0 Å². The molecule has 0 aromatic heterocycles. The van der Waals surface area contributed by atoms with Crippen LogP contribution in [0.5, 0.6) is 0 Å². The number of hydrogen-bond donors (Lipinski definition) is 2. The monoisotopic (exact) mass is 314 g/mol. The highest BCUT2D eigenvalue weighted by Crippen LogP contribution is 2.31. The molecule has 4 nitrogen and oxygen atoms in total. The third-order valence-corrected chi connectivity index (χ3v) is 3.05. The minimum absolute atomic E-state index is 0.0712. The Kier molecular flexibility index (Phi) is 4.08. The SMILES string of the molecule is O=C(O)C1=C(Nc2cccc(C(F)(F)F)c2)N=CCC1=S. The number of anilines is 1. The molecule has 21 heavy (non-hydrogen) atoms. The molecule has 0 fully saturated rings. The van der Waals surface area contributed by atoms with Crippen LogP contribution in [0.1, 0.15) is 12.0 Å². The lowest BCUT2D eigenvalue weighted by Crippen LogP contribution is -2.20. The van der Waals surface area contributed by atoms with Gasteiger partial charge < -0.3 is 10.4 Å². The molecule has 0 unspecified atom stereocenters. The van der Waals surface area contributed by atoms with Gasteiger partial charge in [0.2, 0.25) is 0 Å². The molecule has 110 valence electrons. The summed E-state index contributed by atoms with van der Waals surface area (Å²) in [5.74, 6) is -1.34. The Morgan fingerprint density at radius 2 is 2.10 bits per heavy atom. The largest absolute Gasteiger partial charge is 0.478 e. The van der Waals surface area contributed by atoms with Crippen LogP contribution >= 0.6 is 12.2 Å². The summed E-state index contributed by atoms with van der Waals surface area (Å²) >= 11 is 4.93. The molecule has 0 saturated heterocycles. The van der Waals surface area contributed by atoms with Gasteiger partial charge in [-0.1, -0.05) is 18.3 Å². The zero-order chi connectivity index (χ0) is 15.6. The summed E-state index contributed by atoms with van der Waals surface area (Å²) in [5.41, 5.74) is -0.960. The second-order valence-corrected chi connectivity index (χ2v) is 4.66. The number of nitrogens with zero attached hydrogens (tertiary/aromatic N) is 1. The van der Waals surface area contributed by atoms with Crippen molar-refractivity contribution in [2.45, 2.75) is 12.6 Å². The highest BCUT2D eigenvalue weighted by atomic mass is 32.1. The van der Waals surface area contributed by atoms with Crippen molar-refractivity contribution in [3.63, 3.8) is 0 Å². The Balaban J connectivity index is 2.37. The average molecular weight is 314 g/mol. The number of aliphatic imine (C=N–C) groups is 1. The second kappa shape index (κ2) is 5.65. The van der Waals surface area contributed by atoms with Crippen LogP contribution < -0.4 is 5.32 Å². The number of halogens is 3. The quantitative estimate of drug-likeness (QED) is 0.841. The Bertz CT molecular complexity index is 666. The molecule has 0 amide bonds. The van der Waals surface area contributed by atoms with Gasteiger partial charge in [0.25, 0.3) is 0 Å². The van der Waals surface area contributed by atoms with E-state index in [-0.39, 0.29) is 28.4 Å². The first kappa shape index (κ1) is 15.2. The minimum Gasteiger partial charge on any atom is -0.478 e. The molecule has 0 saturated carbocycles. The maximum atomic E-state index is 12.6. The molecule has 1 aliphatic rings. The summed E-state index contributed by atoms with van der Waals surface area (Å²) in [6.07, 6.45) is -2.86. The van der Waals surface area contributed by atoms with Gasteiger partial charge in [-0.15, -0.1) is 0 Å². The number of benzene rings is 1. The van der Waals surface area contributed by atoms with Gasteiger partial charge >= 0.3 is 12.1 Å². The van der Waals surface area contributed by atoms with Gasteiger partial charge in [0.05, 0.1) is 5.56 Å². The topological polar surface area (TPSA) is 61.7 Å². The van der Waals surface area contributed by atoms with Gasteiger partial charge in [0, 0.05) is 23.2 Å². The zero-order valence-corrected chi connectivity index (χ0v) is 11.3. The highest BCUT2D eigenvalue weighted by molar-refractivity contribution is 7.81. The molecule has 2 rings (SSSR count). The molecule has 2 N–H and O–H groups in total. The average Bonchev–Trinajstić information content (AvgIpc) is 2.37. The standard InChI is InChI=1S/C13H9F3N2O2S/c14-13(15,16)7-2-1-3-8(6-7)18-11-10(12(19)20)9(21)4-5-17-11/h1-3,5-6,18H,4H2,(H,19,20). The van der Waals surface area contributed by atoms with Crippen molar-refractivity contribution in [2.75, 3.05) is 5.32 Å². The number of carbonyl (C=O) groups is 1. The van der Waals surface area contributed by atoms with Crippen LogP contribution in [0.4, 0.5) is 18.9 Å². The predicted molar refractivity (Wildman–Crippen MR) is 75.4 cm³/mol. The van der Waals surface area contributed by atoms with Gasteiger partial charge in [-0.25, -0.2) is 9.79 Å². The van der Waals surface area contributed by atoms with Gasteiger partial charge in [0.1, 0.15) is 11.4 Å². The Morgan fingerprint density at radius 3 is 2.71 bits per heavy atom. The van der Waals surface area contributed by atoms with Gasteiger partial charge in [0.15, 0.2) is 0 Å². The van der Waals surface area contributed by atoms with Gasteiger partial charge in [-0.2, -0.15) is 13.2 Å².